The van der Waals surface area contributed by atoms with E-state index in [1.807, 2.05) is 19.9 Å². The SMILES string of the molecule is CCCOc1ccc(/C=C/C(=O)Nc2cc(C)ccn2)cc1[N+](=O)[O-]. The second-order valence-electron chi connectivity index (χ2n) is 5.37. The van der Waals surface area contributed by atoms with E-state index >= 15 is 0 Å². The highest BCUT2D eigenvalue weighted by Gasteiger charge is 2.15. The molecule has 1 aromatic carbocycles. The van der Waals surface area contributed by atoms with E-state index in [0.717, 1.165) is 12.0 Å². The molecule has 0 unspecified atom stereocenters. The number of amides is 1. The van der Waals surface area contributed by atoms with Gasteiger partial charge in [-0.3, -0.25) is 14.9 Å². The summed E-state index contributed by atoms with van der Waals surface area (Å²) in [5.74, 6) is 0.299. The Balaban J connectivity index is 2.10. The lowest BCUT2D eigenvalue weighted by atomic mass is 10.1. The first-order valence-corrected chi connectivity index (χ1v) is 7.82. The summed E-state index contributed by atoms with van der Waals surface area (Å²) in [7, 11) is 0. The zero-order valence-electron chi connectivity index (χ0n) is 14.1. The van der Waals surface area contributed by atoms with E-state index in [4.69, 9.17) is 4.74 Å². The van der Waals surface area contributed by atoms with Gasteiger partial charge < -0.3 is 10.1 Å². The molecule has 0 bridgehead atoms. The molecule has 7 nitrogen and oxygen atoms in total. The van der Waals surface area contributed by atoms with E-state index in [0.29, 0.717) is 18.0 Å². The molecular weight excluding hydrogens is 322 g/mol. The van der Waals surface area contributed by atoms with E-state index in [9.17, 15) is 14.9 Å². The topological polar surface area (TPSA) is 94.4 Å². The van der Waals surface area contributed by atoms with Gasteiger partial charge in [-0.05, 0) is 48.7 Å². The van der Waals surface area contributed by atoms with Gasteiger partial charge in [0.15, 0.2) is 5.75 Å². The standard InChI is InChI=1S/C18H19N3O4/c1-3-10-25-16-6-4-14(12-15(16)21(23)24)5-7-18(22)20-17-11-13(2)8-9-19-17/h4-9,11-12H,3,10H2,1-2H3,(H,19,20,22)/b7-5+. The van der Waals surface area contributed by atoms with Crippen molar-refractivity contribution in [1.82, 2.24) is 4.98 Å². The molecule has 0 atom stereocenters. The summed E-state index contributed by atoms with van der Waals surface area (Å²) in [6.45, 7) is 4.22. The number of carbonyl (C=O) groups is 1. The highest BCUT2D eigenvalue weighted by Crippen LogP contribution is 2.28. The van der Waals surface area contributed by atoms with Gasteiger partial charge in [-0.1, -0.05) is 13.0 Å². The van der Waals surface area contributed by atoms with E-state index in [1.165, 1.54) is 24.3 Å². The summed E-state index contributed by atoms with van der Waals surface area (Å²) < 4.78 is 5.37. The van der Waals surface area contributed by atoms with Crippen LogP contribution in [0.25, 0.3) is 6.08 Å². The van der Waals surface area contributed by atoms with Crippen LogP contribution in [0.2, 0.25) is 0 Å². The molecule has 0 radical (unpaired) electrons. The molecule has 130 valence electrons. The molecule has 0 spiro atoms. The van der Waals surface area contributed by atoms with Crippen molar-refractivity contribution in [2.75, 3.05) is 11.9 Å². The van der Waals surface area contributed by atoms with Crippen molar-refractivity contribution in [3.05, 3.63) is 63.8 Å². The average Bonchev–Trinajstić information content (AvgIpc) is 2.58. The Morgan fingerprint density at radius 3 is 2.84 bits per heavy atom. The molecule has 0 aliphatic heterocycles. The molecule has 1 N–H and O–H groups in total. The molecule has 1 aromatic heterocycles. The quantitative estimate of drug-likeness (QED) is 0.470. The largest absolute Gasteiger partial charge is 0.487 e. The Morgan fingerprint density at radius 1 is 1.36 bits per heavy atom. The average molecular weight is 341 g/mol. The normalized spacial score (nSPS) is 10.6. The minimum absolute atomic E-state index is 0.128. The number of aromatic nitrogens is 1. The van der Waals surface area contributed by atoms with Crippen LogP contribution in [0, 0.1) is 17.0 Å². The second-order valence-corrected chi connectivity index (χ2v) is 5.37. The number of aryl methyl sites for hydroxylation is 1. The molecule has 0 saturated carbocycles. The Bertz CT molecular complexity index is 803. The molecule has 0 aliphatic carbocycles. The molecule has 0 aliphatic rings. The maximum Gasteiger partial charge on any atom is 0.311 e. The fourth-order valence-corrected chi connectivity index (χ4v) is 2.06. The monoisotopic (exact) mass is 341 g/mol. The van der Waals surface area contributed by atoms with E-state index in [-0.39, 0.29) is 17.3 Å². The van der Waals surface area contributed by atoms with Crippen LogP contribution in [0.3, 0.4) is 0 Å². The number of carbonyl (C=O) groups excluding carboxylic acids is 1. The molecular formula is C18H19N3O4. The number of nitro benzene ring substituents is 1. The lowest BCUT2D eigenvalue weighted by Gasteiger charge is -2.06. The van der Waals surface area contributed by atoms with Crippen molar-refractivity contribution in [3.63, 3.8) is 0 Å². The molecule has 1 heterocycles. The van der Waals surface area contributed by atoms with Gasteiger partial charge in [-0.25, -0.2) is 4.98 Å². The van der Waals surface area contributed by atoms with Crippen LogP contribution in [-0.4, -0.2) is 22.4 Å². The van der Waals surface area contributed by atoms with E-state index < -0.39 is 4.92 Å². The van der Waals surface area contributed by atoms with E-state index in [1.54, 1.807) is 18.3 Å². The van der Waals surface area contributed by atoms with Gasteiger partial charge in [0.25, 0.3) is 0 Å². The highest BCUT2D eigenvalue weighted by atomic mass is 16.6. The third-order valence-electron chi connectivity index (χ3n) is 3.24. The first-order chi connectivity index (χ1) is 12.0. The molecule has 25 heavy (non-hydrogen) atoms. The maximum absolute atomic E-state index is 11.9. The third kappa shape index (κ3) is 5.42. The van der Waals surface area contributed by atoms with Crippen LogP contribution in [0.4, 0.5) is 11.5 Å². The first-order valence-electron chi connectivity index (χ1n) is 7.82. The number of rotatable bonds is 7. The van der Waals surface area contributed by atoms with Crippen molar-refractivity contribution in [2.45, 2.75) is 20.3 Å². The minimum Gasteiger partial charge on any atom is -0.487 e. The molecule has 0 fully saturated rings. The number of nitrogens with zero attached hydrogens (tertiary/aromatic N) is 2. The predicted molar refractivity (Wildman–Crippen MR) is 95.5 cm³/mol. The van der Waals surface area contributed by atoms with Crippen LogP contribution in [0.15, 0.2) is 42.6 Å². The fraction of sp³-hybridized carbons (Fsp3) is 0.222. The van der Waals surface area contributed by atoms with E-state index in [2.05, 4.69) is 10.3 Å². The highest BCUT2D eigenvalue weighted by molar-refractivity contribution is 6.01. The second kappa shape index (κ2) is 8.58. The zero-order chi connectivity index (χ0) is 18.2. The number of benzene rings is 1. The van der Waals surface area contributed by atoms with Crippen molar-refractivity contribution in [2.24, 2.45) is 0 Å². The summed E-state index contributed by atoms with van der Waals surface area (Å²) >= 11 is 0. The minimum atomic E-state index is -0.501. The summed E-state index contributed by atoms with van der Waals surface area (Å²) in [6.07, 6.45) is 5.16. The summed E-state index contributed by atoms with van der Waals surface area (Å²) in [5, 5.41) is 13.8. The number of nitro groups is 1. The number of ether oxygens (including phenoxy) is 1. The van der Waals surface area contributed by atoms with Crippen LogP contribution in [-0.2, 0) is 4.79 Å². The maximum atomic E-state index is 11.9. The van der Waals surface area contributed by atoms with Crippen molar-refractivity contribution in [1.29, 1.82) is 0 Å². The van der Waals surface area contributed by atoms with Crippen molar-refractivity contribution >= 4 is 23.5 Å². The summed E-state index contributed by atoms with van der Waals surface area (Å²) in [4.78, 5) is 26.6. The number of hydrogen-bond donors (Lipinski definition) is 1. The van der Waals surface area contributed by atoms with Gasteiger partial charge in [-0.15, -0.1) is 0 Å². The van der Waals surface area contributed by atoms with Crippen molar-refractivity contribution in [3.8, 4) is 5.75 Å². The van der Waals surface area contributed by atoms with Gasteiger partial charge in [0.1, 0.15) is 5.82 Å². The molecule has 1 amide bonds. The number of nitrogens with one attached hydrogen (secondary N) is 1. The van der Waals surface area contributed by atoms with Gasteiger partial charge in [0.05, 0.1) is 11.5 Å². The number of anilines is 1. The van der Waals surface area contributed by atoms with Gasteiger partial charge >= 0.3 is 5.69 Å². The van der Waals surface area contributed by atoms with Crippen LogP contribution in [0.5, 0.6) is 5.75 Å². The van der Waals surface area contributed by atoms with Crippen LogP contribution >= 0.6 is 0 Å². The molecule has 2 rings (SSSR count). The van der Waals surface area contributed by atoms with Crippen LogP contribution < -0.4 is 10.1 Å². The number of pyridine rings is 1. The molecule has 2 aromatic rings. The van der Waals surface area contributed by atoms with Gasteiger partial charge in [0, 0.05) is 18.3 Å². The number of hydrogen-bond acceptors (Lipinski definition) is 5. The van der Waals surface area contributed by atoms with Crippen molar-refractivity contribution < 1.29 is 14.5 Å². The van der Waals surface area contributed by atoms with Gasteiger partial charge in [-0.2, -0.15) is 0 Å². The van der Waals surface area contributed by atoms with Gasteiger partial charge in [0.2, 0.25) is 5.91 Å². The van der Waals surface area contributed by atoms with Crippen LogP contribution in [0.1, 0.15) is 24.5 Å². The smallest absolute Gasteiger partial charge is 0.311 e. The lowest BCUT2D eigenvalue weighted by Crippen LogP contribution is -2.09. The predicted octanol–water partition coefficient (Wildman–Crippen LogP) is 3.74. The molecule has 0 saturated heterocycles. The Kier molecular flexibility index (Phi) is 6.22. The first kappa shape index (κ1) is 18.1. The Morgan fingerprint density at radius 2 is 2.16 bits per heavy atom. The summed E-state index contributed by atoms with van der Waals surface area (Å²) in [5.41, 5.74) is 1.38. The fourth-order valence-electron chi connectivity index (χ4n) is 2.06. The lowest BCUT2D eigenvalue weighted by molar-refractivity contribution is -0.385. The summed E-state index contributed by atoms with van der Waals surface area (Å²) in [6, 6.07) is 8.14. The third-order valence-corrected chi connectivity index (χ3v) is 3.24. The Labute approximate surface area is 145 Å². The molecule has 7 heteroatoms. The zero-order valence-corrected chi connectivity index (χ0v) is 14.1. The Hall–Kier alpha value is -3.22.